The first-order chi connectivity index (χ1) is 16.6. The minimum atomic E-state index is -0.0450. The number of piperidine rings is 1. The highest BCUT2D eigenvalue weighted by Gasteiger charge is 2.29. The highest BCUT2D eigenvalue weighted by Crippen LogP contribution is 2.29. The van der Waals surface area contributed by atoms with Crippen molar-refractivity contribution in [3.8, 4) is 17.0 Å². The van der Waals surface area contributed by atoms with E-state index in [2.05, 4.69) is 15.2 Å². The summed E-state index contributed by atoms with van der Waals surface area (Å²) < 4.78 is 11.6. The van der Waals surface area contributed by atoms with Gasteiger partial charge in [0, 0.05) is 30.6 Å². The van der Waals surface area contributed by atoms with Gasteiger partial charge in [-0.05, 0) is 31.9 Å². The Hall–Kier alpha value is -3.87. The zero-order valence-corrected chi connectivity index (χ0v) is 19.5. The molecular weight excluding hydrogens is 428 g/mol. The van der Waals surface area contributed by atoms with Gasteiger partial charge in [0.25, 0.3) is 5.91 Å². The van der Waals surface area contributed by atoms with E-state index < -0.39 is 0 Å². The topological polar surface area (TPSA) is 84.2 Å². The van der Waals surface area contributed by atoms with Crippen molar-refractivity contribution in [1.82, 2.24) is 20.1 Å². The largest absolute Gasteiger partial charge is 0.496 e. The molecule has 0 aliphatic carbocycles. The molecule has 0 spiro atoms. The zero-order valence-electron chi connectivity index (χ0n) is 19.5. The first-order valence-corrected chi connectivity index (χ1v) is 11.6. The number of ether oxygens (including phenoxy) is 1. The third kappa shape index (κ3) is 4.59. The molecule has 1 N–H and O–H groups in total. The minimum Gasteiger partial charge on any atom is -0.496 e. The lowest BCUT2D eigenvalue weighted by molar-refractivity contribution is 0.0692. The van der Waals surface area contributed by atoms with Gasteiger partial charge in [-0.25, -0.2) is 4.98 Å². The average Bonchev–Trinajstić information content (AvgIpc) is 3.55. The third-order valence-electron chi connectivity index (χ3n) is 6.34. The molecule has 3 heterocycles. The Balaban J connectivity index is 1.26. The van der Waals surface area contributed by atoms with Crippen molar-refractivity contribution in [1.29, 1.82) is 0 Å². The van der Waals surface area contributed by atoms with Crippen LogP contribution in [0.1, 0.15) is 52.0 Å². The van der Waals surface area contributed by atoms with Gasteiger partial charge in [0.15, 0.2) is 5.89 Å². The number of aromatic nitrogens is 3. The van der Waals surface area contributed by atoms with E-state index in [0.29, 0.717) is 31.1 Å². The number of hydrogen-bond acceptors (Lipinski definition) is 5. The number of para-hydroxylation sites is 1. The lowest BCUT2D eigenvalue weighted by Gasteiger charge is -2.30. The molecule has 4 aromatic rings. The number of nitrogens with one attached hydrogen (secondary N) is 1. The quantitative estimate of drug-likeness (QED) is 0.442. The van der Waals surface area contributed by atoms with Crippen LogP contribution in [-0.2, 0) is 6.42 Å². The molecule has 1 aliphatic rings. The average molecular weight is 457 g/mol. The molecule has 0 saturated carbocycles. The normalized spacial score (nSPS) is 15.9. The lowest BCUT2D eigenvalue weighted by Crippen LogP contribution is -2.39. The van der Waals surface area contributed by atoms with Crippen LogP contribution in [0.25, 0.3) is 11.3 Å². The van der Waals surface area contributed by atoms with Crippen molar-refractivity contribution in [3.63, 3.8) is 0 Å². The number of carbonyl (C=O) groups is 1. The van der Waals surface area contributed by atoms with Crippen LogP contribution in [0.3, 0.4) is 0 Å². The van der Waals surface area contributed by atoms with Crippen molar-refractivity contribution in [2.24, 2.45) is 0 Å². The van der Waals surface area contributed by atoms with Crippen LogP contribution in [0, 0.1) is 6.92 Å². The molecule has 1 saturated heterocycles. The summed E-state index contributed by atoms with van der Waals surface area (Å²) in [6.07, 6.45) is 4.24. The maximum absolute atomic E-state index is 13.2. The predicted molar refractivity (Wildman–Crippen MR) is 129 cm³/mol. The lowest BCUT2D eigenvalue weighted by atomic mass is 9.97. The summed E-state index contributed by atoms with van der Waals surface area (Å²) >= 11 is 0. The molecule has 2 aromatic carbocycles. The van der Waals surface area contributed by atoms with Crippen LogP contribution < -0.4 is 4.74 Å². The molecule has 1 amide bonds. The molecule has 7 nitrogen and oxygen atoms in total. The molecule has 0 unspecified atom stereocenters. The Morgan fingerprint density at radius 1 is 1.21 bits per heavy atom. The number of oxazole rings is 1. The summed E-state index contributed by atoms with van der Waals surface area (Å²) in [5.74, 6) is 2.34. The van der Waals surface area contributed by atoms with Crippen molar-refractivity contribution < 1.29 is 13.9 Å². The van der Waals surface area contributed by atoms with E-state index in [1.807, 2.05) is 66.4 Å². The molecule has 1 atom stereocenters. The number of H-pyrrole nitrogens is 1. The number of amides is 1. The molecule has 0 radical (unpaired) electrons. The number of hydrogen-bond donors (Lipinski definition) is 1. The number of aryl methyl sites for hydroxylation is 1. The molecule has 7 heteroatoms. The zero-order chi connectivity index (χ0) is 23.5. The molecule has 174 valence electrons. The van der Waals surface area contributed by atoms with Gasteiger partial charge in [-0.3, -0.25) is 9.89 Å². The molecule has 0 bridgehead atoms. The van der Waals surface area contributed by atoms with Crippen LogP contribution in [0.4, 0.5) is 0 Å². The van der Waals surface area contributed by atoms with Crippen LogP contribution in [-0.4, -0.2) is 46.2 Å². The summed E-state index contributed by atoms with van der Waals surface area (Å²) in [6.45, 7) is 3.33. The van der Waals surface area contributed by atoms with Gasteiger partial charge in [0.05, 0.1) is 24.9 Å². The van der Waals surface area contributed by atoms with E-state index in [1.165, 1.54) is 5.56 Å². The number of carbonyl (C=O) groups excluding carboxylic acids is 1. The summed E-state index contributed by atoms with van der Waals surface area (Å²) in [6, 6.07) is 17.8. The number of aromatic amines is 1. The fourth-order valence-electron chi connectivity index (χ4n) is 4.47. The van der Waals surface area contributed by atoms with Gasteiger partial charge in [0.1, 0.15) is 17.2 Å². The Bertz CT molecular complexity index is 1280. The van der Waals surface area contributed by atoms with E-state index in [1.54, 1.807) is 13.3 Å². The molecule has 1 aliphatic heterocycles. The van der Waals surface area contributed by atoms with Gasteiger partial charge in [-0.15, -0.1) is 0 Å². The van der Waals surface area contributed by atoms with E-state index in [0.717, 1.165) is 41.2 Å². The summed E-state index contributed by atoms with van der Waals surface area (Å²) in [5, 5.41) is 7.27. The monoisotopic (exact) mass is 456 g/mol. The molecular formula is C27H28N4O3. The Kier molecular flexibility index (Phi) is 6.16. The van der Waals surface area contributed by atoms with Gasteiger partial charge >= 0.3 is 0 Å². The number of nitrogens with zero attached hydrogens (tertiary/aromatic N) is 3. The number of rotatable bonds is 6. The fourth-order valence-corrected chi connectivity index (χ4v) is 4.47. The number of benzene rings is 2. The van der Waals surface area contributed by atoms with E-state index in [9.17, 15) is 4.79 Å². The SMILES string of the molecule is COc1ccccc1Cc1cnc([C@H]2CCCN(C(=O)c3cc(-c4ccc(C)cc4)n[nH]3)C2)o1. The van der Waals surface area contributed by atoms with Crippen LogP contribution >= 0.6 is 0 Å². The second-order valence-corrected chi connectivity index (χ2v) is 8.78. The molecule has 2 aromatic heterocycles. The van der Waals surface area contributed by atoms with Crippen LogP contribution in [0.15, 0.2) is 65.2 Å². The second-order valence-electron chi connectivity index (χ2n) is 8.78. The maximum atomic E-state index is 13.2. The van der Waals surface area contributed by atoms with E-state index in [-0.39, 0.29) is 11.8 Å². The Morgan fingerprint density at radius 3 is 2.85 bits per heavy atom. The van der Waals surface area contributed by atoms with Gasteiger partial charge in [-0.1, -0.05) is 48.0 Å². The van der Waals surface area contributed by atoms with Gasteiger partial charge in [-0.2, -0.15) is 5.10 Å². The second kappa shape index (κ2) is 9.55. The van der Waals surface area contributed by atoms with Crippen molar-refractivity contribution in [2.45, 2.75) is 32.1 Å². The van der Waals surface area contributed by atoms with Crippen molar-refractivity contribution in [3.05, 3.63) is 89.3 Å². The minimum absolute atomic E-state index is 0.0450. The molecule has 5 rings (SSSR count). The first kappa shape index (κ1) is 21.9. The van der Waals surface area contributed by atoms with E-state index in [4.69, 9.17) is 9.15 Å². The Morgan fingerprint density at radius 2 is 2.03 bits per heavy atom. The van der Waals surface area contributed by atoms with E-state index >= 15 is 0 Å². The first-order valence-electron chi connectivity index (χ1n) is 11.6. The number of likely N-dealkylation sites (tertiary alicyclic amines) is 1. The highest BCUT2D eigenvalue weighted by atomic mass is 16.5. The van der Waals surface area contributed by atoms with Crippen LogP contribution in [0.2, 0.25) is 0 Å². The van der Waals surface area contributed by atoms with Gasteiger partial charge < -0.3 is 14.1 Å². The summed E-state index contributed by atoms with van der Waals surface area (Å²) in [4.78, 5) is 19.6. The smallest absolute Gasteiger partial charge is 0.271 e. The summed E-state index contributed by atoms with van der Waals surface area (Å²) in [5.41, 5.74) is 4.50. The molecule has 1 fully saturated rings. The highest BCUT2D eigenvalue weighted by molar-refractivity contribution is 5.93. The van der Waals surface area contributed by atoms with Gasteiger partial charge in [0.2, 0.25) is 0 Å². The standard InChI is InChI=1S/C27H28N4O3/c1-18-9-11-19(12-10-18)23-15-24(30-29-23)27(32)31-13-5-7-21(17-31)26-28-16-22(34-26)14-20-6-3-4-8-25(20)33-2/h3-4,6,8-12,15-16,21H,5,7,13-14,17H2,1-2H3,(H,29,30)/t21-/m0/s1. The van der Waals surface area contributed by atoms with Crippen molar-refractivity contribution in [2.75, 3.05) is 20.2 Å². The predicted octanol–water partition coefficient (Wildman–Crippen LogP) is 4.99. The maximum Gasteiger partial charge on any atom is 0.271 e. The Labute approximate surface area is 198 Å². The summed E-state index contributed by atoms with van der Waals surface area (Å²) in [7, 11) is 1.67. The van der Waals surface area contributed by atoms with Crippen LogP contribution in [0.5, 0.6) is 5.75 Å². The third-order valence-corrected chi connectivity index (χ3v) is 6.34. The van der Waals surface area contributed by atoms with Crippen molar-refractivity contribution >= 4 is 5.91 Å². The fraction of sp³-hybridized carbons (Fsp3) is 0.296. The number of methoxy groups -OCH3 is 1. The molecule has 34 heavy (non-hydrogen) atoms.